The van der Waals surface area contributed by atoms with Gasteiger partial charge in [-0.3, -0.25) is 20.0 Å². The fourth-order valence-electron chi connectivity index (χ4n) is 4.26. The number of pyridine rings is 2. The summed E-state index contributed by atoms with van der Waals surface area (Å²) in [7, 11) is 0. The van der Waals surface area contributed by atoms with Gasteiger partial charge in [-0.2, -0.15) is 0 Å². The van der Waals surface area contributed by atoms with Crippen molar-refractivity contribution in [1.82, 2.24) is 15.4 Å². The molecule has 0 radical (unpaired) electrons. The van der Waals surface area contributed by atoms with Gasteiger partial charge in [-0.25, -0.2) is 20.0 Å². The minimum atomic E-state index is -1.16. The Morgan fingerprint density at radius 3 is 2.52 bits per heavy atom. The van der Waals surface area contributed by atoms with Crippen molar-refractivity contribution in [3.05, 3.63) is 89.5 Å². The fourth-order valence-corrected chi connectivity index (χ4v) is 4.26. The maximum absolute atomic E-state index is 14.9. The van der Waals surface area contributed by atoms with Crippen LogP contribution in [0.2, 0.25) is 0 Å². The van der Waals surface area contributed by atoms with E-state index in [9.17, 15) is 23.9 Å². The van der Waals surface area contributed by atoms with Gasteiger partial charge in [0, 0.05) is 34.6 Å². The van der Waals surface area contributed by atoms with Crippen LogP contribution in [-0.2, 0) is 9.59 Å². The summed E-state index contributed by atoms with van der Waals surface area (Å²) in [4.78, 5) is 45.5. The first-order valence-corrected chi connectivity index (χ1v) is 12.4. The highest BCUT2D eigenvalue weighted by atomic mass is 19.1. The predicted molar refractivity (Wildman–Crippen MR) is 148 cm³/mol. The summed E-state index contributed by atoms with van der Waals surface area (Å²) in [5, 5.41) is 10.2. The third kappa shape index (κ3) is 5.80. The fraction of sp³-hybridized carbons (Fsp3) is 0.167. The van der Waals surface area contributed by atoms with E-state index in [2.05, 4.69) is 27.2 Å². The number of carbonyl (C=O) groups is 3. The number of anilines is 1. The van der Waals surface area contributed by atoms with E-state index in [4.69, 9.17) is 5.84 Å². The molecule has 2 atom stereocenters. The summed E-state index contributed by atoms with van der Waals surface area (Å²) in [6, 6.07) is 13.3. The summed E-state index contributed by atoms with van der Waals surface area (Å²) in [5.41, 5.74) is 5.18. The van der Waals surface area contributed by atoms with Gasteiger partial charge in [0.05, 0.1) is 22.3 Å². The molecule has 2 unspecified atom stereocenters. The summed E-state index contributed by atoms with van der Waals surface area (Å²) >= 11 is 0. The summed E-state index contributed by atoms with van der Waals surface area (Å²) in [6.07, 6.45) is 4.07. The number of amides is 2. The monoisotopic (exact) mass is 539 g/mol. The molecule has 0 aliphatic carbocycles. The van der Waals surface area contributed by atoms with Crippen molar-refractivity contribution in [3.8, 4) is 23.1 Å². The van der Waals surface area contributed by atoms with E-state index in [1.807, 2.05) is 6.92 Å². The molecule has 2 amide bonds. The number of hydrazine groups is 1. The number of carboxylic acids is 1. The Kier molecular flexibility index (Phi) is 8.47. The second-order valence-corrected chi connectivity index (χ2v) is 9.09. The van der Waals surface area contributed by atoms with Crippen molar-refractivity contribution in [2.75, 3.05) is 4.90 Å². The normalized spacial score (nSPS) is 12.1. The second-order valence-electron chi connectivity index (χ2n) is 9.09. The van der Waals surface area contributed by atoms with Crippen molar-refractivity contribution < 1.29 is 23.9 Å². The Labute approximate surface area is 229 Å². The molecule has 4 N–H and O–H groups in total. The molecule has 0 aliphatic heterocycles. The molecule has 10 heteroatoms. The lowest BCUT2D eigenvalue weighted by Crippen LogP contribution is -2.45. The minimum absolute atomic E-state index is 0.0938. The van der Waals surface area contributed by atoms with Gasteiger partial charge >= 0.3 is 5.97 Å². The predicted octanol–water partition coefficient (Wildman–Crippen LogP) is 3.90. The lowest BCUT2D eigenvalue weighted by molar-refractivity contribution is -0.140. The smallest absolute Gasteiger partial charge is 0.327 e. The van der Waals surface area contributed by atoms with E-state index in [0.717, 1.165) is 16.5 Å². The zero-order valence-corrected chi connectivity index (χ0v) is 21.8. The van der Waals surface area contributed by atoms with Crippen LogP contribution in [0.15, 0.2) is 67.0 Å². The SMILES string of the molecule is CCC(C)C(C(=O)O)N(C=O)c1ccc(C#Cc2ccc(-c3cc(C(=O)NN)c4cnccc4n3)cc2)c(F)c1. The molecule has 0 saturated heterocycles. The number of benzene rings is 2. The van der Waals surface area contributed by atoms with Crippen LogP contribution in [0.25, 0.3) is 22.2 Å². The molecule has 0 saturated carbocycles. The molecule has 202 valence electrons. The zero-order chi connectivity index (χ0) is 28.8. The number of nitrogens with one attached hydrogen (secondary N) is 1. The third-order valence-electron chi connectivity index (χ3n) is 6.61. The Morgan fingerprint density at radius 2 is 1.90 bits per heavy atom. The number of nitrogen functional groups attached to an aromatic ring is 1. The molecule has 2 aromatic carbocycles. The highest BCUT2D eigenvalue weighted by molar-refractivity contribution is 6.06. The lowest BCUT2D eigenvalue weighted by Gasteiger charge is -2.29. The number of carboxylic acid groups (broad SMARTS) is 1. The number of nitrogens with zero attached hydrogens (tertiary/aromatic N) is 3. The van der Waals surface area contributed by atoms with E-state index < -0.39 is 23.7 Å². The molecule has 0 fully saturated rings. The van der Waals surface area contributed by atoms with Crippen molar-refractivity contribution >= 4 is 34.9 Å². The van der Waals surface area contributed by atoms with Crippen molar-refractivity contribution in [3.63, 3.8) is 0 Å². The Hall–Kier alpha value is -5.14. The minimum Gasteiger partial charge on any atom is -0.480 e. The van der Waals surface area contributed by atoms with Gasteiger partial charge in [-0.1, -0.05) is 44.2 Å². The molecule has 0 bridgehead atoms. The molecule has 2 aromatic heterocycles. The van der Waals surface area contributed by atoms with Gasteiger partial charge in [0.15, 0.2) is 0 Å². The van der Waals surface area contributed by atoms with Crippen LogP contribution in [0, 0.1) is 23.6 Å². The first-order chi connectivity index (χ1) is 19.3. The van der Waals surface area contributed by atoms with Crippen LogP contribution >= 0.6 is 0 Å². The number of carbonyl (C=O) groups excluding carboxylic acids is 2. The summed E-state index contributed by atoms with van der Waals surface area (Å²) < 4.78 is 14.9. The molecule has 4 aromatic rings. The number of halogens is 1. The van der Waals surface area contributed by atoms with Crippen molar-refractivity contribution in [1.29, 1.82) is 0 Å². The van der Waals surface area contributed by atoms with Gasteiger partial charge in [0.1, 0.15) is 11.9 Å². The number of hydrogen-bond acceptors (Lipinski definition) is 6. The van der Waals surface area contributed by atoms with Crippen LogP contribution in [0.3, 0.4) is 0 Å². The quantitative estimate of drug-likeness (QED) is 0.101. The van der Waals surface area contributed by atoms with Gasteiger partial charge in [0.2, 0.25) is 6.41 Å². The van der Waals surface area contributed by atoms with Crippen LogP contribution in [0.4, 0.5) is 10.1 Å². The molecule has 4 rings (SSSR count). The number of rotatable bonds is 8. The van der Waals surface area contributed by atoms with Crippen molar-refractivity contribution in [2.24, 2.45) is 11.8 Å². The van der Waals surface area contributed by atoms with Crippen molar-refractivity contribution in [2.45, 2.75) is 26.3 Å². The first-order valence-electron chi connectivity index (χ1n) is 12.4. The van der Waals surface area contributed by atoms with Crippen LogP contribution in [0.1, 0.15) is 41.8 Å². The van der Waals surface area contributed by atoms with E-state index in [-0.39, 0.29) is 17.2 Å². The number of nitrogens with two attached hydrogens (primary N) is 1. The standard InChI is InChI=1S/C30H26FN5O4/c1-3-18(2)28(30(39)40)36(17-37)22-11-10-20(25(31)14-22)7-4-19-5-8-21(9-6-19)27-15-23(29(38)35-32)24-16-33-13-12-26(24)34-27/h5-6,8-18,28H,3,32H2,1-2H3,(H,35,38)(H,39,40). The largest absolute Gasteiger partial charge is 0.480 e. The van der Waals surface area contributed by atoms with Gasteiger partial charge < -0.3 is 10.0 Å². The molecule has 2 heterocycles. The molecule has 9 nitrogen and oxygen atoms in total. The number of fused-ring (bicyclic) bond motifs is 1. The van der Waals surface area contributed by atoms with Crippen LogP contribution in [-0.4, -0.2) is 39.4 Å². The number of aromatic nitrogens is 2. The molecule has 0 spiro atoms. The summed E-state index contributed by atoms with van der Waals surface area (Å²) in [5.74, 6) is 8.38. The average Bonchev–Trinajstić information content (AvgIpc) is 2.97. The number of aliphatic carboxylic acids is 1. The van der Waals surface area contributed by atoms with Crippen LogP contribution < -0.4 is 16.2 Å². The maximum Gasteiger partial charge on any atom is 0.327 e. The maximum atomic E-state index is 14.9. The zero-order valence-electron chi connectivity index (χ0n) is 21.8. The Balaban J connectivity index is 1.59. The molecule has 0 aliphatic rings. The number of hydrogen-bond donors (Lipinski definition) is 3. The third-order valence-corrected chi connectivity index (χ3v) is 6.61. The van der Waals surface area contributed by atoms with E-state index in [1.165, 1.54) is 12.1 Å². The molecular weight excluding hydrogens is 513 g/mol. The highest BCUT2D eigenvalue weighted by Crippen LogP contribution is 2.26. The molecular formula is C30H26FN5O4. The van der Waals surface area contributed by atoms with E-state index in [0.29, 0.717) is 40.6 Å². The van der Waals surface area contributed by atoms with Gasteiger partial charge in [0.25, 0.3) is 5.91 Å². The average molecular weight is 540 g/mol. The Bertz CT molecular complexity index is 1650. The molecule has 40 heavy (non-hydrogen) atoms. The van der Waals surface area contributed by atoms with Gasteiger partial charge in [-0.05, 0) is 48.4 Å². The lowest BCUT2D eigenvalue weighted by atomic mass is 9.97. The Morgan fingerprint density at radius 1 is 1.15 bits per heavy atom. The first kappa shape index (κ1) is 27.9. The summed E-state index contributed by atoms with van der Waals surface area (Å²) in [6.45, 7) is 3.54. The van der Waals surface area contributed by atoms with Crippen LogP contribution in [0.5, 0.6) is 0 Å². The topological polar surface area (TPSA) is 139 Å². The van der Waals surface area contributed by atoms with E-state index in [1.54, 1.807) is 55.7 Å². The van der Waals surface area contributed by atoms with E-state index >= 15 is 0 Å². The highest BCUT2D eigenvalue weighted by Gasteiger charge is 2.30. The van der Waals surface area contributed by atoms with Gasteiger partial charge in [-0.15, -0.1) is 0 Å². The second kappa shape index (κ2) is 12.1.